The molecule has 1 aromatic heterocycles. The number of nitro groups is 1. The number of amides is 1. The van der Waals surface area contributed by atoms with E-state index in [-0.39, 0.29) is 23.7 Å². The maximum atomic E-state index is 12.8. The monoisotopic (exact) mass is 419 g/mol. The molecule has 0 atom stereocenters. The van der Waals surface area contributed by atoms with Gasteiger partial charge in [0.05, 0.1) is 10.6 Å². The highest BCUT2D eigenvalue weighted by molar-refractivity contribution is 5.76. The zero-order valence-corrected chi connectivity index (χ0v) is 16.8. The third-order valence-electron chi connectivity index (χ3n) is 5.27. The molecule has 1 amide bonds. The average molecular weight is 419 g/mol. The topological polar surface area (TPSA) is 102 Å². The first-order chi connectivity index (χ1) is 15.0. The number of aromatic nitrogens is 2. The lowest BCUT2D eigenvalue weighted by Crippen LogP contribution is -2.50. The molecule has 3 aromatic rings. The molecule has 0 saturated carbocycles. The number of carbonyl (C=O) groups excluding carboxylic acids is 1. The van der Waals surface area contributed by atoms with Crippen LogP contribution < -0.4 is 10.5 Å². The standard InChI is InChI=1S/C22H21N5O4/c28-21-11-10-18(17-6-2-1-3-7-17)23-26(21)16-22(29)25-14-12-24(13-15-25)19-8-4-5-9-20(19)27(30)31/h1-11H,12-16H2. The van der Waals surface area contributed by atoms with Gasteiger partial charge in [0.1, 0.15) is 12.2 Å². The Bertz CT molecular complexity index is 1150. The Morgan fingerprint density at radius 1 is 0.935 bits per heavy atom. The second kappa shape index (κ2) is 8.78. The highest BCUT2D eigenvalue weighted by atomic mass is 16.6. The van der Waals surface area contributed by atoms with Crippen molar-refractivity contribution in [2.75, 3.05) is 31.1 Å². The number of hydrogen-bond acceptors (Lipinski definition) is 6. The molecule has 9 heteroatoms. The van der Waals surface area contributed by atoms with Crippen molar-refractivity contribution < 1.29 is 9.72 Å². The van der Waals surface area contributed by atoms with Crippen LogP contribution in [0.5, 0.6) is 0 Å². The summed E-state index contributed by atoms with van der Waals surface area (Å²) in [6.45, 7) is 1.63. The Balaban J connectivity index is 1.43. The number of benzene rings is 2. The summed E-state index contributed by atoms with van der Waals surface area (Å²) < 4.78 is 1.18. The van der Waals surface area contributed by atoms with Crippen LogP contribution >= 0.6 is 0 Å². The number of anilines is 1. The van der Waals surface area contributed by atoms with Gasteiger partial charge in [0, 0.05) is 43.9 Å². The predicted molar refractivity (Wildman–Crippen MR) is 116 cm³/mol. The van der Waals surface area contributed by atoms with Gasteiger partial charge in [-0.3, -0.25) is 19.7 Å². The summed E-state index contributed by atoms with van der Waals surface area (Å²) in [5, 5.41) is 15.6. The molecule has 0 N–H and O–H groups in total. The van der Waals surface area contributed by atoms with Crippen LogP contribution in [0.4, 0.5) is 11.4 Å². The SMILES string of the molecule is O=C(Cn1nc(-c2ccccc2)ccc1=O)N1CCN(c2ccccc2[N+](=O)[O-])CC1. The van der Waals surface area contributed by atoms with Gasteiger partial charge in [-0.1, -0.05) is 42.5 Å². The Morgan fingerprint density at radius 2 is 1.61 bits per heavy atom. The van der Waals surface area contributed by atoms with E-state index in [2.05, 4.69) is 5.10 Å². The van der Waals surface area contributed by atoms with E-state index in [0.717, 1.165) is 5.56 Å². The molecule has 1 aliphatic heterocycles. The van der Waals surface area contributed by atoms with Crippen LogP contribution in [0.2, 0.25) is 0 Å². The first-order valence-corrected chi connectivity index (χ1v) is 9.92. The Kier molecular flexibility index (Phi) is 5.74. The van der Waals surface area contributed by atoms with E-state index >= 15 is 0 Å². The van der Waals surface area contributed by atoms with Crippen LogP contribution in [0, 0.1) is 10.1 Å². The van der Waals surface area contributed by atoms with Crippen LogP contribution in [0.15, 0.2) is 71.5 Å². The Labute approximate surface area is 178 Å². The molecule has 1 fully saturated rings. The zero-order valence-electron chi connectivity index (χ0n) is 16.8. The normalized spacial score (nSPS) is 13.8. The number of rotatable bonds is 5. The summed E-state index contributed by atoms with van der Waals surface area (Å²) in [5.41, 5.74) is 1.74. The van der Waals surface area contributed by atoms with Gasteiger partial charge in [-0.15, -0.1) is 0 Å². The maximum Gasteiger partial charge on any atom is 0.292 e. The van der Waals surface area contributed by atoms with E-state index in [1.807, 2.05) is 35.2 Å². The van der Waals surface area contributed by atoms with E-state index in [1.54, 1.807) is 29.2 Å². The molecule has 158 valence electrons. The summed E-state index contributed by atoms with van der Waals surface area (Å²) in [5.74, 6) is -0.206. The largest absolute Gasteiger partial charge is 0.362 e. The average Bonchev–Trinajstić information content (AvgIpc) is 2.81. The minimum Gasteiger partial charge on any atom is -0.362 e. The van der Waals surface area contributed by atoms with E-state index in [9.17, 15) is 19.7 Å². The van der Waals surface area contributed by atoms with Crippen molar-refractivity contribution >= 4 is 17.3 Å². The smallest absolute Gasteiger partial charge is 0.292 e. The van der Waals surface area contributed by atoms with Gasteiger partial charge in [-0.2, -0.15) is 5.10 Å². The highest BCUT2D eigenvalue weighted by Crippen LogP contribution is 2.28. The van der Waals surface area contributed by atoms with E-state index < -0.39 is 4.92 Å². The van der Waals surface area contributed by atoms with Crippen molar-refractivity contribution in [2.24, 2.45) is 0 Å². The molecule has 0 aliphatic carbocycles. The van der Waals surface area contributed by atoms with Crippen molar-refractivity contribution in [1.29, 1.82) is 0 Å². The van der Waals surface area contributed by atoms with Crippen molar-refractivity contribution in [3.63, 3.8) is 0 Å². The van der Waals surface area contributed by atoms with Gasteiger partial charge >= 0.3 is 0 Å². The molecule has 2 heterocycles. The molecule has 4 rings (SSSR count). The molecule has 0 unspecified atom stereocenters. The lowest BCUT2D eigenvalue weighted by atomic mass is 10.1. The van der Waals surface area contributed by atoms with Gasteiger partial charge < -0.3 is 9.80 Å². The third kappa shape index (κ3) is 4.45. The number of para-hydroxylation sites is 2. The molecular weight excluding hydrogens is 398 g/mol. The van der Waals surface area contributed by atoms with Crippen LogP contribution in [-0.2, 0) is 11.3 Å². The molecule has 0 spiro atoms. The van der Waals surface area contributed by atoms with Crippen molar-refractivity contribution in [3.8, 4) is 11.3 Å². The Morgan fingerprint density at radius 3 is 2.32 bits per heavy atom. The zero-order chi connectivity index (χ0) is 21.8. The van der Waals surface area contributed by atoms with E-state index in [1.165, 1.54) is 16.8 Å². The van der Waals surface area contributed by atoms with Gasteiger partial charge in [0.15, 0.2) is 0 Å². The highest BCUT2D eigenvalue weighted by Gasteiger charge is 2.25. The molecule has 9 nitrogen and oxygen atoms in total. The third-order valence-corrected chi connectivity index (χ3v) is 5.27. The summed E-state index contributed by atoms with van der Waals surface area (Å²) in [6.07, 6.45) is 0. The first kappa shape index (κ1) is 20.3. The maximum absolute atomic E-state index is 12.8. The van der Waals surface area contributed by atoms with Crippen molar-refractivity contribution in [2.45, 2.75) is 6.54 Å². The molecule has 0 radical (unpaired) electrons. The van der Waals surface area contributed by atoms with Gasteiger partial charge in [-0.05, 0) is 12.1 Å². The van der Waals surface area contributed by atoms with Crippen molar-refractivity contribution in [1.82, 2.24) is 14.7 Å². The second-order valence-electron chi connectivity index (χ2n) is 7.19. The molecule has 1 saturated heterocycles. The fourth-order valence-corrected chi connectivity index (χ4v) is 3.64. The molecule has 1 aliphatic rings. The minimum atomic E-state index is -0.398. The van der Waals surface area contributed by atoms with Crippen LogP contribution in [0.25, 0.3) is 11.3 Å². The lowest BCUT2D eigenvalue weighted by molar-refractivity contribution is -0.384. The van der Waals surface area contributed by atoms with Gasteiger partial charge in [0.25, 0.3) is 11.2 Å². The molecule has 31 heavy (non-hydrogen) atoms. The number of nitrogens with zero attached hydrogens (tertiary/aromatic N) is 5. The fraction of sp³-hybridized carbons (Fsp3) is 0.227. The summed E-state index contributed by atoms with van der Waals surface area (Å²) in [6, 6.07) is 19.1. The van der Waals surface area contributed by atoms with E-state index in [4.69, 9.17) is 0 Å². The van der Waals surface area contributed by atoms with Gasteiger partial charge in [0.2, 0.25) is 5.91 Å². The number of hydrogen-bond donors (Lipinski definition) is 0. The van der Waals surface area contributed by atoms with Gasteiger partial charge in [-0.25, -0.2) is 4.68 Å². The summed E-state index contributed by atoms with van der Waals surface area (Å²) in [7, 11) is 0. The quantitative estimate of drug-likeness (QED) is 0.464. The van der Waals surface area contributed by atoms with Crippen LogP contribution in [-0.4, -0.2) is 51.7 Å². The van der Waals surface area contributed by atoms with Crippen molar-refractivity contribution in [3.05, 3.63) is 87.2 Å². The predicted octanol–water partition coefficient (Wildman–Crippen LogP) is 2.17. The summed E-state index contributed by atoms with van der Waals surface area (Å²) >= 11 is 0. The number of nitro benzene ring substituents is 1. The fourth-order valence-electron chi connectivity index (χ4n) is 3.64. The second-order valence-corrected chi connectivity index (χ2v) is 7.19. The minimum absolute atomic E-state index is 0.0516. The van der Waals surface area contributed by atoms with E-state index in [0.29, 0.717) is 37.6 Å². The number of piperazine rings is 1. The molecule has 2 aromatic carbocycles. The molecule has 0 bridgehead atoms. The summed E-state index contributed by atoms with van der Waals surface area (Å²) in [4.78, 5) is 39.4. The Hall–Kier alpha value is -4.01. The van der Waals surface area contributed by atoms with Crippen LogP contribution in [0.1, 0.15) is 0 Å². The lowest BCUT2D eigenvalue weighted by Gasteiger charge is -2.35. The molecular formula is C22H21N5O4. The first-order valence-electron chi connectivity index (χ1n) is 9.92. The number of carbonyl (C=O) groups is 1. The van der Waals surface area contributed by atoms with Crippen LogP contribution in [0.3, 0.4) is 0 Å².